The minimum absolute atomic E-state index is 0.0858. The number of nitrogens with one attached hydrogen (secondary N) is 1. The van der Waals surface area contributed by atoms with Gasteiger partial charge in [0.15, 0.2) is 6.61 Å². The molecule has 2 amide bonds. The Labute approximate surface area is 177 Å². The van der Waals surface area contributed by atoms with Crippen molar-refractivity contribution in [3.8, 4) is 5.88 Å². The lowest BCUT2D eigenvalue weighted by molar-refractivity contribution is -0.120. The number of pyridine rings is 2. The number of fused-ring (bicyclic) bond motifs is 1. The minimum atomic E-state index is -2.63. The zero-order valence-electron chi connectivity index (χ0n) is 16.5. The molecule has 7 nitrogen and oxygen atoms in total. The van der Waals surface area contributed by atoms with Gasteiger partial charge < -0.3 is 15.0 Å². The Hall–Kier alpha value is -2.81. The summed E-state index contributed by atoms with van der Waals surface area (Å²) in [6, 6.07) is 2.79. The lowest BCUT2D eigenvalue weighted by Gasteiger charge is -2.25. The fourth-order valence-corrected chi connectivity index (χ4v) is 3.51. The molecular weight excluding hydrogens is 418 g/mol. The number of amides is 2. The first-order chi connectivity index (χ1) is 14.3. The van der Waals surface area contributed by atoms with E-state index in [9.17, 15) is 18.4 Å². The Morgan fingerprint density at radius 2 is 2.17 bits per heavy atom. The van der Waals surface area contributed by atoms with Gasteiger partial charge in [0.1, 0.15) is 5.02 Å². The van der Waals surface area contributed by atoms with Gasteiger partial charge in [-0.15, -0.1) is 0 Å². The molecule has 0 aromatic carbocycles. The van der Waals surface area contributed by atoms with Crippen LogP contribution >= 0.6 is 11.6 Å². The van der Waals surface area contributed by atoms with E-state index in [1.807, 2.05) is 13.8 Å². The van der Waals surface area contributed by atoms with E-state index in [1.54, 1.807) is 17.0 Å². The number of carbonyl (C=O) groups excluding carboxylic acids is 2. The number of hydrogen-bond acceptors (Lipinski definition) is 5. The number of rotatable bonds is 8. The number of hydrogen-bond donors (Lipinski definition) is 1. The van der Waals surface area contributed by atoms with E-state index in [2.05, 4.69) is 15.3 Å². The van der Waals surface area contributed by atoms with Crippen molar-refractivity contribution < 1.29 is 23.1 Å². The van der Waals surface area contributed by atoms with Gasteiger partial charge in [-0.2, -0.15) is 0 Å². The fraction of sp³-hybridized carbons (Fsp3) is 0.400. The first kappa shape index (κ1) is 21.9. The molecule has 1 aliphatic rings. The van der Waals surface area contributed by atoms with E-state index in [4.69, 9.17) is 16.3 Å². The van der Waals surface area contributed by atoms with Crippen molar-refractivity contribution in [2.75, 3.05) is 13.2 Å². The fourth-order valence-electron chi connectivity index (χ4n) is 3.28. The Morgan fingerprint density at radius 3 is 2.83 bits per heavy atom. The second-order valence-electron chi connectivity index (χ2n) is 6.78. The minimum Gasteiger partial charge on any atom is -0.471 e. The van der Waals surface area contributed by atoms with E-state index >= 15 is 0 Å². The van der Waals surface area contributed by atoms with Gasteiger partial charge in [-0.3, -0.25) is 14.6 Å². The normalized spacial score (nSPS) is 14.1. The van der Waals surface area contributed by atoms with Gasteiger partial charge in [0.05, 0.1) is 18.2 Å². The number of halogens is 3. The largest absolute Gasteiger partial charge is 0.471 e. The number of likely N-dealkylation sites (N-methyl/N-ethyl adjacent to an activating group) is 1. The van der Waals surface area contributed by atoms with Gasteiger partial charge in [-0.25, -0.2) is 13.8 Å². The van der Waals surface area contributed by atoms with Crippen LogP contribution in [0.3, 0.4) is 0 Å². The van der Waals surface area contributed by atoms with Crippen molar-refractivity contribution in [1.82, 2.24) is 20.2 Å². The number of nitrogens with zero attached hydrogens (tertiary/aromatic N) is 3. The quantitative estimate of drug-likeness (QED) is 0.684. The summed E-state index contributed by atoms with van der Waals surface area (Å²) in [7, 11) is 0. The molecule has 0 fully saturated rings. The number of ether oxygens (including phenoxy) is 1. The second kappa shape index (κ2) is 9.34. The molecular formula is C20H21ClF2N4O3. The summed E-state index contributed by atoms with van der Waals surface area (Å²) in [5.74, 6) is -0.434. The Bertz CT molecular complexity index is 958. The molecule has 0 aliphatic carbocycles. The zero-order valence-corrected chi connectivity index (χ0v) is 17.2. The van der Waals surface area contributed by atoms with Crippen LogP contribution in [0, 0.1) is 0 Å². The highest BCUT2D eigenvalue weighted by Gasteiger charge is 2.34. The molecule has 1 atom stereocenters. The standard InChI is InChI=1S/C20H21ClF2N4O3/c1-3-24-18(28)7-16-14-9-27(20(29)13(14)4-5-25-16)11(2)12-6-15(21)19(26-8-12)30-10-17(22)23/h4-6,8,11,17H,3,7,9-10H2,1-2H3,(H,24,28). The van der Waals surface area contributed by atoms with Crippen molar-refractivity contribution in [3.63, 3.8) is 0 Å². The molecule has 10 heteroatoms. The van der Waals surface area contributed by atoms with E-state index < -0.39 is 19.1 Å². The molecule has 160 valence electrons. The Kier molecular flexibility index (Phi) is 6.81. The first-order valence-corrected chi connectivity index (χ1v) is 9.80. The van der Waals surface area contributed by atoms with Gasteiger partial charge in [0.2, 0.25) is 11.8 Å². The molecule has 2 aromatic rings. The molecule has 0 spiro atoms. The molecule has 1 aliphatic heterocycles. The smallest absolute Gasteiger partial charge is 0.272 e. The van der Waals surface area contributed by atoms with Crippen molar-refractivity contribution in [3.05, 3.63) is 51.9 Å². The van der Waals surface area contributed by atoms with Gasteiger partial charge in [-0.05, 0) is 31.5 Å². The molecule has 3 rings (SSSR count). The van der Waals surface area contributed by atoms with Gasteiger partial charge in [-0.1, -0.05) is 11.6 Å². The zero-order chi connectivity index (χ0) is 21.8. The predicted octanol–water partition coefficient (Wildman–Crippen LogP) is 3.17. The maximum absolute atomic E-state index is 12.9. The van der Waals surface area contributed by atoms with E-state index in [0.29, 0.717) is 29.9 Å². The molecule has 0 saturated carbocycles. The third kappa shape index (κ3) is 4.67. The highest BCUT2D eigenvalue weighted by molar-refractivity contribution is 6.31. The first-order valence-electron chi connectivity index (χ1n) is 9.42. The molecule has 0 radical (unpaired) electrons. The Morgan fingerprint density at radius 1 is 1.40 bits per heavy atom. The second-order valence-corrected chi connectivity index (χ2v) is 7.19. The van der Waals surface area contributed by atoms with Gasteiger partial charge in [0, 0.05) is 36.6 Å². The lowest BCUT2D eigenvalue weighted by atomic mass is 10.1. The topological polar surface area (TPSA) is 84.4 Å². The summed E-state index contributed by atoms with van der Waals surface area (Å²) in [5, 5.41) is 2.81. The van der Waals surface area contributed by atoms with Crippen LogP contribution in [0.15, 0.2) is 24.5 Å². The monoisotopic (exact) mass is 438 g/mol. The van der Waals surface area contributed by atoms with Crippen LogP contribution in [-0.4, -0.2) is 46.3 Å². The van der Waals surface area contributed by atoms with E-state index in [0.717, 1.165) is 5.56 Å². The maximum atomic E-state index is 12.9. The van der Waals surface area contributed by atoms with Crippen LogP contribution < -0.4 is 10.1 Å². The average Bonchev–Trinajstić information content (AvgIpc) is 3.04. The highest BCUT2D eigenvalue weighted by Crippen LogP contribution is 2.34. The third-order valence-electron chi connectivity index (χ3n) is 4.79. The average molecular weight is 439 g/mol. The van der Waals surface area contributed by atoms with Crippen LogP contribution in [0.1, 0.15) is 47.1 Å². The SMILES string of the molecule is CCNC(=O)Cc1nccc2c1CN(C(C)c1cnc(OCC(F)F)c(Cl)c1)C2=O. The van der Waals surface area contributed by atoms with Crippen LogP contribution in [0.2, 0.25) is 5.02 Å². The van der Waals surface area contributed by atoms with Crippen LogP contribution in [0.4, 0.5) is 8.78 Å². The van der Waals surface area contributed by atoms with Crippen molar-refractivity contribution >= 4 is 23.4 Å². The third-order valence-corrected chi connectivity index (χ3v) is 5.06. The van der Waals surface area contributed by atoms with Crippen molar-refractivity contribution in [2.24, 2.45) is 0 Å². The van der Waals surface area contributed by atoms with Gasteiger partial charge >= 0.3 is 0 Å². The van der Waals surface area contributed by atoms with Crippen molar-refractivity contribution in [1.29, 1.82) is 0 Å². The summed E-state index contributed by atoms with van der Waals surface area (Å²) >= 11 is 6.11. The highest BCUT2D eigenvalue weighted by atomic mass is 35.5. The molecule has 1 N–H and O–H groups in total. The van der Waals surface area contributed by atoms with Crippen LogP contribution in [0.25, 0.3) is 0 Å². The number of alkyl halides is 2. The maximum Gasteiger partial charge on any atom is 0.272 e. The summed E-state index contributed by atoms with van der Waals surface area (Å²) in [5.41, 5.74) is 2.42. The molecule has 3 heterocycles. The lowest BCUT2D eigenvalue weighted by Crippen LogP contribution is -2.27. The van der Waals surface area contributed by atoms with Crippen LogP contribution in [0.5, 0.6) is 5.88 Å². The molecule has 0 bridgehead atoms. The molecule has 2 aromatic heterocycles. The van der Waals surface area contributed by atoms with E-state index in [-0.39, 0.29) is 29.1 Å². The molecule has 1 unspecified atom stereocenters. The summed E-state index contributed by atoms with van der Waals surface area (Å²) < 4.78 is 29.5. The molecule has 30 heavy (non-hydrogen) atoms. The Balaban J connectivity index is 1.79. The summed E-state index contributed by atoms with van der Waals surface area (Å²) in [6.07, 6.45) is 0.425. The van der Waals surface area contributed by atoms with E-state index in [1.165, 1.54) is 12.4 Å². The summed E-state index contributed by atoms with van der Waals surface area (Å²) in [4.78, 5) is 34.8. The molecule has 0 saturated heterocycles. The summed E-state index contributed by atoms with van der Waals surface area (Å²) in [6.45, 7) is 3.65. The van der Waals surface area contributed by atoms with Gasteiger partial charge in [0.25, 0.3) is 12.3 Å². The number of carbonyl (C=O) groups is 2. The number of aromatic nitrogens is 2. The van der Waals surface area contributed by atoms with Crippen LogP contribution in [-0.2, 0) is 17.8 Å². The van der Waals surface area contributed by atoms with Crippen molar-refractivity contribution in [2.45, 2.75) is 39.3 Å². The predicted molar refractivity (Wildman–Crippen MR) is 106 cm³/mol.